The number of rotatable bonds is 2. The highest BCUT2D eigenvalue weighted by Crippen LogP contribution is 2.24. The third-order valence-electron chi connectivity index (χ3n) is 3.50. The van der Waals surface area contributed by atoms with Gasteiger partial charge in [-0.1, -0.05) is 48.5 Å². The summed E-state index contributed by atoms with van der Waals surface area (Å²) in [6.07, 6.45) is 1.81. The predicted molar refractivity (Wildman–Crippen MR) is 76.1 cm³/mol. The lowest BCUT2D eigenvalue weighted by atomic mass is 10.1. The van der Waals surface area contributed by atoms with E-state index in [2.05, 4.69) is 23.6 Å². The first-order chi connectivity index (χ1) is 9.25. The van der Waals surface area contributed by atoms with Crippen LogP contribution in [0.5, 0.6) is 5.75 Å². The van der Waals surface area contributed by atoms with Crippen molar-refractivity contribution >= 4 is 10.8 Å². The molecule has 2 aromatic carbocycles. The Morgan fingerprint density at radius 1 is 0.900 bits per heavy atom. The van der Waals surface area contributed by atoms with E-state index in [1.807, 2.05) is 48.7 Å². The number of aromatic nitrogens is 1. The molecule has 1 aromatic heterocycles. The molecule has 20 heavy (non-hydrogen) atoms. The van der Waals surface area contributed by atoms with E-state index in [0.29, 0.717) is 5.75 Å². The number of fused-ring (bicyclic) bond motifs is 1. The van der Waals surface area contributed by atoms with Crippen LogP contribution in [0.15, 0.2) is 60.8 Å². The first-order valence-corrected chi connectivity index (χ1v) is 6.40. The fourth-order valence-corrected chi connectivity index (χ4v) is 2.44. The first kappa shape index (κ1) is 14.5. The smallest absolute Gasteiger partial charge is 0.212 e. The Labute approximate surface area is 129 Å². The Balaban J connectivity index is 0.00000147. The van der Waals surface area contributed by atoms with Gasteiger partial charge in [0.15, 0.2) is 18.0 Å². The van der Waals surface area contributed by atoms with E-state index in [1.54, 1.807) is 0 Å². The summed E-state index contributed by atoms with van der Waals surface area (Å²) in [4.78, 5) is 0. The van der Waals surface area contributed by atoms with Gasteiger partial charge in [0.2, 0.25) is 6.20 Å². The summed E-state index contributed by atoms with van der Waals surface area (Å²) < 4.78 is 2.09. The minimum absolute atomic E-state index is 0. The molecule has 0 aliphatic rings. The Morgan fingerprint density at radius 3 is 2.20 bits per heavy atom. The van der Waals surface area contributed by atoms with Crippen LogP contribution in [0.3, 0.4) is 0 Å². The predicted octanol–water partition coefficient (Wildman–Crippen LogP) is 0.194. The number of nitrogens with zero attached hydrogens (tertiary/aromatic N) is 1. The topological polar surface area (TPSA) is 24.1 Å². The van der Waals surface area contributed by atoms with Gasteiger partial charge in [0.05, 0.1) is 5.39 Å². The van der Waals surface area contributed by atoms with Crippen LogP contribution in [0.2, 0.25) is 0 Å². The Hall–Kier alpha value is -1.87. The lowest BCUT2D eigenvalue weighted by Crippen LogP contribution is -3.00. The molecule has 3 heteroatoms. The molecule has 0 saturated heterocycles. The van der Waals surface area contributed by atoms with Gasteiger partial charge < -0.3 is 22.1 Å². The van der Waals surface area contributed by atoms with Crippen molar-refractivity contribution in [2.45, 2.75) is 13.5 Å². The molecule has 0 radical (unpaired) electrons. The number of aryl methyl sites for hydroxylation is 1. The second kappa shape index (κ2) is 6.06. The van der Waals surface area contributed by atoms with Gasteiger partial charge >= 0.3 is 0 Å². The SMILES string of the molecule is Cc1c2ccccc2c(O)c[n+]1Cc1ccccc1.[Br-]. The summed E-state index contributed by atoms with van der Waals surface area (Å²) in [5.41, 5.74) is 2.39. The van der Waals surface area contributed by atoms with E-state index in [4.69, 9.17) is 0 Å². The summed E-state index contributed by atoms with van der Waals surface area (Å²) in [5, 5.41) is 12.1. The normalized spacial score (nSPS) is 10.2. The lowest BCUT2D eigenvalue weighted by Gasteiger charge is -2.06. The maximum Gasteiger partial charge on any atom is 0.212 e. The van der Waals surface area contributed by atoms with Crippen molar-refractivity contribution in [1.82, 2.24) is 0 Å². The number of hydrogen-bond donors (Lipinski definition) is 1. The molecule has 3 aromatic rings. The van der Waals surface area contributed by atoms with Crippen LogP contribution in [0.4, 0.5) is 0 Å². The van der Waals surface area contributed by atoms with Crippen molar-refractivity contribution in [1.29, 1.82) is 0 Å². The number of halogens is 1. The number of benzene rings is 2. The molecule has 0 atom stereocenters. The molecule has 0 saturated carbocycles. The van der Waals surface area contributed by atoms with Crippen LogP contribution in [0, 0.1) is 6.92 Å². The van der Waals surface area contributed by atoms with Crippen LogP contribution >= 0.6 is 0 Å². The van der Waals surface area contributed by atoms with Crippen LogP contribution in [-0.2, 0) is 6.54 Å². The van der Waals surface area contributed by atoms with E-state index in [1.165, 1.54) is 5.56 Å². The van der Waals surface area contributed by atoms with Crippen molar-refractivity contribution in [2.24, 2.45) is 0 Å². The highest BCUT2D eigenvalue weighted by molar-refractivity contribution is 5.88. The maximum atomic E-state index is 10.1. The fraction of sp³-hybridized carbons (Fsp3) is 0.118. The van der Waals surface area contributed by atoms with Gasteiger partial charge in [0.1, 0.15) is 0 Å². The zero-order chi connectivity index (χ0) is 13.2. The van der Waals surface area contributed by atoms with Crippen molar-refractivity contribution in [3.8, 4) is 5.75 Å². The van der Waals surface area contributed by atoms with Crippen molar-refractivity contribution in [2.75, 3.05) is 0 Å². The summed E-state index contributed by atoms with van der Waals surface area (Å²) >= 11 is 0. The summed E-state index contributed by atoms with van der Waals surface area (Å²) in [6, 6.07) is 18.2. The van der Waals surface area contributed by atoms with Gasteiger partial charge in [-0.3, -0.25) is 0 Å². The summed E-state index contributed by atoms with van der Waals surface area (Å²) in [7, 11) is 0. The molecule has 0 aliphatic carbocycles. The summed E-state index contributed by atoms with van der Waals surface area (Å²) in [6.45, 7) is 2.86. The molecular formula is C17H16BrNO. The van der Waals surface area contributed by atoms with Gasteiger partial charge in [-0.2, -0.15) is 4.57 Å². The molecule has 0 fully saturated rings. The average molecular weight is 330 g/mol. The minimum atomic E-state index is 0. The van der Waals surface area contributed by atoms with Gasteiger partial charge in [0.25, 0.3) is 0 Å². The molecule has 0 amide bonds. The molecule has 1 heterocycles. The molecule has 0 spiro atoms. The number of hydrogen-bond acceptors (Lipinski definition) is 1. The van der Waals surface area contributed by atoms with Crippen molar-refractivity contribution in [3.05, 3.63) is 72.1 Å². The van der Waals surface area contributed by atoms with Crippen molar-refractivity contribution in [3.63, 3.8) is 0 Å². The minimum Gasteiger partial charge on any atom is -1.00 e. The standard InChI is InChI=1S/C17H15NO.BrH/c1-13-15-9-5-6-10-16(15)17(19)12-18(13)11-14-7-3-2-4-8-14;/h2-10,12H,11H2,1H3;1H. The third kappa shape index (κ3) is 2.68. The second-order valence-electron chi connectivity index (χ2n) is 4.76. The largest absolute Gasteiger partial charge is 1.00 e. The Bertz CT molecular complexity index is 726. The van der Waals surface area contributed by atoms with E-state index < -0.39 is 0 Å². The monoisotopic (exact) mass is 329 g/mol. The van der Waals surface area contributed by atoms with Crippen LogP contribution in [-0.4, -0.2) is 5.11 Å². The molecule has 1 N–H and O–H groups in total. The third-order valence-corrected chi connectivity index (χ3v) is 3.50. The van der Waals surface area contributed by atoms with Gasteiger partial charge in [0, 0.05) is 17.9 Å². The Kier molecular flexibility index (Phi) is 4.40. The molecule has 0 unspecified atom stereocenters. The zero-order valence-corrected chi connectivity index (χ0v) is 12.8. The van der Waals surface area contributed by atoms with Crippen LogP contribution in [0.25, 0.3) is 10.8 Å². The van der Waals surface area contributed by atoms with Crippen LogP contribution in [0.1, 0.15) is 11.3 Å². The number of aromatic hydroxyl groups is 1. The van der Waals surface area contributed by atoms with Gasteiger partial charge in [-0.15, -0.1) is 0 Å². The molecule has 2 nitrogen and oxygen atoms in total. The quantitative estimate of drug-likeness (QED) is 0.667. The first-order valence-electron chi connectivity index (χ1n) is 6.40. The fourth-order valence-electron chi connectivity index (χ4n) is 2.44. The van der Waals surface area contributed by atoms with Gasteiger partial charge in [-0.25, -0.2) is 0 Å². The van der Waals surface area contributed by atoms with E-state index in [9.17, 15) is 5.11 Å². The lowest BCUT2D eigenvalue weighted by molar-refractivity contribution is -0.693. The molecule has 0 aliphatic heterocycles. The highest BCUT2D eigenvalue weighted by Gasteiger charge is 2.15. The molecular weight excluding hydrogens is 314 g/mol. The second-order valence-corrected chi connectivity index (χ2v) is 4.76. The van der Waals surface area contributed by atoms with Crippen molar-refractivity contribution < 1.29 is 26.7 Å². The van der Waals surface area contributed by atoms with Gasteiger partial charge in [-0.05, 0) is 6.07 Å². The average Bonchev–Trinajstić information content (AvgIpc) is 2.46. The Morgan fingerprint density at radius 2 is 1.50 bits per heavy atom. The van der Waals surface area contributed by atoms with E-state index in [0.717, 1.165) is 23.0 Å². The highest BCUT2D eigenvalue weighted by atomic mass is 79.9. The maximum absolute atomic E-state index is 10.1. The molecule has 3 rings (SSSR count). The van der Waals surface area contributed by atoms with Crippen LogP contribution < -0.4 is 21.5 Å². The zero-order valence-electron chi connectivity index (χ0n) is 11.3. The van der Waals surface area contributed by atoms with E-state index >= 15 is 0 Å². The molecule has 0 bridgehead atoms. The summed E-state index contributed by atoms with van der Waals surface area (Å²) in [5.74, 6) is 0.331. The number of pyridine rings is 1. The van der Waals surface area contributed by atoms with E-state index in [-0.39, 0.29) is 17.0 Å². The molecule has 102 valence electrons.